The van der Waals surface area contributed by atoms with Gasteiger partial charge in [-0.05, 0) is 13.0 Å². The maximum Gasteiger partial charge on any atom is 0.221 e. The molecule has 17 heavy (non-hydrogen) atoms. The van der Waals surface area contributed by atoms with E-state index in [0.717, 1.165) is 23.6 Å². The zero-order valence-corrected chi connectivity index (χ0v) is 10.1. The molecule has 0 atom stereocenters. The number of hydrogen-bond acceptors (Lipinski definition) is 4. The molecule has 0 saturated carbocycles. The van der Waals surface area contributed by atoms with Crippen molar-refractivity contribution in [3.63, 3.8) is 0 Å². The van der Waals surface area contributed by atoms with Gasteiger partial charge in [-0.2, -0.15) is 0 Å². The lowest BCUT2D eigenvalue weighted by Gasteiger charge is -2.23. The maximum atomic E-state index is 11.3. The molecule has 1 fully saturated rings. The lowest BCUT2D eigenvalue weighted by atomic mass is 10.2. The lowest BCUT2D eigenvalue weighted by molar-refractivity contribution is -0.120. The van der Waals surface area contributed by atoms with E-state index >= 15 is 0 Å². The molecule has 0 radical (unpaired) electrons. The highest BCUT2D eigenvalue weighted by atomic mass is 16.1. The van der Waals surface area contributed by atoms with Gasteiger partial charge in [-0.1, -0.05) is 6.07 Å². The summed E-state index contributed by atoms with van der Waals surface area (Å²) in [6.07, 6.45) is 0.514. The van der Waals surface area contributed by atoms with Gasteiger partial charge in [-0.3, -0.25) is 4.79 Å². The van der Waals surface area contributed by atoms with Crippen LogP contribution in [0.2, 0.25) is 0 Å². The first-order chi connectivity index (χ1) is 8.20. The number of nitrogens with one attached hydrogen (secondary N) is 1. The molecule has 0 aromatic carbocycles. The van der Waals surface area contributed by atoms with Crippen LogP contribution in [0.4, 0.5) is 5.82 Å². The van der Waals surface area contributed by atoms with Crippen LogP contribution in [-0.2, 0) is 11.3 Å². The van der Waals surface area contributed by atoms with Crippen molar-refractivity contribution in [1.29, 1.82) is 0 Å². The number of carbonyl (C=O) groups is 1. The first-order valence-electron chi connectivity index (χ1n) is 5.89. The molecule has 1 aromatic rings. The number of rotatable bonds is 2. The number of aryl methyl sites for hydroxylation is 1. The van der Waals surface area contributed by atoms with E-state index in [2.05, 4.69) is 15.2 Å². The smallest absolute Gasteiger partial charge is 0.221 e. The second-order valence-electron chi connectivity index (χ2n) is 4.23. The summed E-state index contributed by atoms with van der Waals surface area (Å²) in [6.45, 7) is 4.59. The van der Waals surface area contributed by atoms with Gasteiger partial charge in [0.25, 0.3) is 0 Å². The van der Waals surface area contributed by atoms with Gasteiger partial charge >= 0.3 is 0 Å². The molecular weight excluding hydrogens is 216 g/mol. The van der Waals surface area contributed by atoms with Gasteiger partial charge in [0, 0.05) is 43.9 Å². The quantitative estimate of drug-likeness (QED) is 0.765. The zero-order valence-electron chi connectivity index (χ0n) is 10.1. The summed E-state index contributed by atoms with van der Waals surface area (Å²) in [4.78, 5) is 18.0. The van der Waals surface area contributed by atoms with Crippen molar-refractivity contribution in [3.05, 3.63) is 23.4 Å². The highest BCUT2D eigenvalue weighted by Crippen LogP contribution is 2.18. The summed E-state index contributed by atoms with van der Waals surface area (Å²) in [5.41, 5.74) is 7.73. The number of nitrogens with two attached hydrogens (primary N) is 1. The van der Waals surface area contributed by atoms with Gasteiger partial charge in [0.1, 0.15) is 5.82 Å². The highest BCUT2D eigenvalue weighted by molar-refractivity contribution is 5.77. The van der Waals surface area contributed by atoms with E-state index in [4.69, 9.17) is 5.73 Å². The highest BCUT2D eigenvalue weighted by Gasteiger charge is 2.17. The predicted octanol–water partition coefficient (Wildman–Crippen LogP) is 0.175. The fraction of sp³-hybridized carbons (Fsp3) is 0.500. The third kappa shape index (κ3) is 2.74. The van der Waals surface area contributed by atoms with E-state index in [1.54, 1.807) is 0 Å². The predicted molar refractivity (Wildman–Crippen MR) is 66.7 cm³/mol. The minimum absolute atomic E-state index is 0.106. The van der Waals surface area contributed by atoms with Crippen molar-refractivity contribution in [3.8, 4) is 0 Å². The van der Waals surface area contributed by atoms with E-state index in [9.17, 15) is 4.79 Å². The molecule has 5 nitrogen and oxygen atoms in total. The lowest BCUT2D eigenvalue weighted by Crippen LogP contribution is -2.30. The number of hydrogen-bond donors (Lipinski definition) is 2. The number of nitrogens with zero attached hydrogens (tertiary/aromatic N) is 2. The molecule has 5 heteroatoms. The third-order valence-corrected chi connectivity index (χ3v) is 2.93. The summed E-state index contributed by atoms with van der Waals surface area (Å²) < 4.78 is 0. The van der Waals surface area contributed by atoms with Crippen LogP contribution in [0, 0.1) is 6.92 Å². The monoisotopic (exact) mass is 234 g/mol. The maximum absolute atomic E-state index is 11.3. The van der Waals surface area contributed by atoms with Crippen LogP contribution in [0.15, 0.2) is 12.1 Å². The molecule has 0 unspecified atom stereocenters. The number of pyridine rings is 1. The fourth-order valence-electron chi connectivity index (χ4n) is 1.98. The molecule has 0 spiro atoms. The van der Waals surface area contributed by atoms with Crippen LogP contribution in [-0.4, -0.2) is 30.5 Å². The topological polar surface area (TPSA) is 71.2 Å². The molecule has 1 aliphatic rings. The SMILES string of the molecule is Cc1ccc(CN)c(N2CCNC(=O)CC2)n1. The molecule has 92 valence electrons. The van der Waals surface area contributed by atoms with Crippen molar-refractivity contribution in [2.75, 3.05) is 24.5 Å². The van der Waals surface area contributed by atoms with Gasteiger partial charge in [-0.15, -0.1) is 0 Å². The van der Waals surface area contributed by atoms with Gasteiger partial charge < -0.3 is 16.0 Å². The molecule has 0 aliphatic carbocycles. The Labute approximate surface area is 101 Å². The standard InChI is InChI=1S/C12H18N4O/c1-9-2-3-10(8-13)12(15-9)16-6-4-11(17)14-5-7-16/h2-3H,4-8,13H2,1H3,(H,14,17). The Kier molecular flexibility index (Phi) is 3.58. The van der Waals surface area contributed by atoms with Gasteiger partial charge in [0.15, 0.2) is 0 Å². The van der Waals surface area contributed by atoms with Crippen molar-refractivity contribution in [2.45, 2.75) is 19.9 Å². The Morgan fingerprint density at radius 3 is 3.06 bits per heavy atom. The van der Waals surface area contributed by atoms with Crippen molar-refractivity contribution in [2.24, 2.45) is 5.73 Å². The molecule has 1 aromatic heterocycles. The van der Waals surface area contributed by atoms with Crippen LogP contribution in [0.5, 0.6) is 0 Å². The second-order valence-corrected chi connectivity index (χ2v) is 4.23. The van der Waals surface area contributed by atoms with Crippen LogP contribution >= 0.6 is 0 Å². The molecule has 1 amide bonds. The summed E-state index contributed by atoms with van der Waals surface area (Å²) in [5, 5.41) is 2.86. The van der Waals surface area contributed by atoms with E-state index in [0.29, 0.717) is 26.1 Å². The van der Waals surface area contributed by atoms with Crippen molar-refractivity contribution >= 4 is 11.7 Å². The minimum atomic E-state index is 0.106. The molecule has 2 rings (SSSR count). The van der Waals surface area contributed by atoms with E-state index in [1.165, 1.54) is 0 Å². The normalized spacial score (nSPS) is 16.6. The first-order valence-corrected chi connectivity index (χ1v) is 5.89. The molecule has 2 heterocycles. The van der Waals surface area contributed by atoms with Gasteiger partial charge in [0.2, 0.25) is 5.91 Å². The minimum Gasteiger partial charge on any atom is -0.354 e. The molecular formula is C12H18N4O. The molecule has 1 aliphatic heterocycles. The van der Waals surface area contributed by atoms with Crippen LogP contribution in [0.1, 0.15) is 17.7 Å². The molecule has 0 bridgehead atoms. The average Bonchev–Trinajstić information content (AvgIpc) is 2.54. The number of aromatic nitrogens is 1. The summed E-state index contributed by atoms with van der Waals surface area (Å²) in [7, 11) is 0. The van der Waals surface area contributed by atoms with Crippen molar-refractivity contribution < 1.29 is 4.79 Å². The summed E-state index contributed by atoms with van der Waals surface area (Å²) >= 11 is 0. The fourth-order valence-corrected chi connectivity index (χ4v) is 1.98. The van der Waals surface area contributed by atoms with E-state index < -0.39 is 0 Å². The Morgan fingerprint density at radius 1 is 1.47 bits per heavy atom. The van der Waals surface area contributed by atoms with E-state index in [-0.39, 0.29) is 5.91 Å². The Hall–Kier alpha value is -1.62. The molecule has 3 N–H and O–H groups in total. The Bertz CT molecular complexity index is 419. The Balaban J connectivity index is 2.25. The van der Waals surface area contributed by atoms with Crippen LogP contribution in [0.3, 0.4) is 0 Å². The zero-order chi connectivity index (χ0) is 12.3. The third-order valence-electron chi connectivity index (χ3n) is 2.93. The number of anilines is 1. The number of carbonyl (C=O) groups excluding carboxylic acids is 1. The molecule has 1 saturated heterocycles. The largest absolute Gasteiger partial charge is 0.354 e. The summed E-state index contributed by atoms with van der Waals surface area (Å²) in [5.74, 6) is 1.03. The average molecular weight is 234 g/mol. The second kappa shape index (κ2) is 5.14. The van der Waals surface area contributed by atoms with Crippen LogP contribution in [0.25, 0.3) is 0 Å². The summed E-state index contributed by atoms with van der Waals surface area (Å²) in [6, 6.07) is 3.98. The Morgan fingerprint density at radius 2 is 2.29 bits per heavy atom. The number of amides is 1. The van der Waals surface area contributed by atoms with Crippen molar-refractivity contribution in [1.82, 2.24) is 10.3 Å². The first kappa shape index (κ1) is 11.9. The van der Waals surface area contributed by atoms with Gasteiger partial charge in [0.05, 0.1) is 0 Å². The van der Waals surface area contributed by atoms with Gasteiger partial charge in [-0.25, -0.2) is 4.98 Å². The van der Waals surface area contributed by atoms with Crippen LogP contribution < -0.4 is 16.0 Å². The van der Waals surface area contributed by atoms with E-state index in [1.807, 2.05) is 19.1 Å².